The molecule has 146 valence electrons. The number of rotatable bonds is 7. The highest BCUT2D eigenvalue weighted by Crippen LogP contribution is 2.29. The Labute approximate surface area is 160 Å². The minimum Gasteiger partial charge on any atom is -0.354 e. The predicted octanol–water partition coefficient (Wildman–Crippen LogP) is 2.26. The maximum Gasteiger partial charge on any atom is 0.243 e. The van der Waals surface area contributed by atoms with Crippen LogP contribution in [0.25, 0.3) is 0 Å². The van der Waals surface area contributed by atoms with Crippen LogP contribution in [0.3, 0.4) is 0 Å². The van der Waals surface area contributed by atoms with Gasteiger partial charge in [-0.15, -0.1) is 0 Å². The molecule has 1 saturated heterocycles. The molecule has 6 nitrogen and oxygen atoms in total. The Balaban J connectivity index is 1.62. The van der Waals surface area contributed by atoms with Crippen LogP contribution in [0, 0.1) is 0 Å². The maximum atomic E-state index is 12.8. The van der Waals surface area contributed by atoms with E-state index in [9.17, 15) is 14.4 Å². The molecule has 6 heteroatoms. The van der Waals surface area contributed by atoms with Crippen LogP contribution in [0.4, 0.5) is 5.69 Å². The number of hydrogen-bond donors (Lipinski definition) is 1. The van der Waals surface area contributed by atoms with Gasteiger partial charge in [-0.2, -0.15) is 0 Å². The molecule has 0 bridgehead atoms. The number of hydrogen-bond acceptors (Lipinski definition) is 3. The van der Waals surface area contributed by atoms with Crippen LogP contribution in [-0.4, -0.2) is 48.3 Å². The van der Waals surface area contributed by atoms with Gasteiger partial charge in [0, 0.05) is 38.2 Å². The first-order chi connectivity index (χ1) is 13.1. The summed E-state index contributed by atoms with van der Waals surface area (Å²) in [7, 11) is 0. The highest BCUT2D eigenvalue weighted by Gasteiger charge is 2.32. The first-order valence-electron chi connectivity index (χ1n) is 10.1. The molecule has 2 heterocycles. The molecule has 0 saturated carbocycles. The van der Waals surface area contributed by atoms with E-state index in [2.05, 4.69) is 5.32 Å². The minimum atomic E-state index is -0.495. The van der Waals surface area contributed by atoms with E-state index in [-0.39, 0.29) is 17.7 Å². The number of nitrogens with zero attached hydrogens (tertiary/aromatic N) is 2. The van der Waals surface area contributed by atoms with Crippen molar-refractivity contribution in [1.82, 2.24) is 10.2 Å². The molecule has 0 aliphatic carbocycles. The maximum absolute atomic E-state index is 12.8. The second kappa shape index (κ2) is 9.02. The number of likely N-dealkylation sites (tertiary alicyclic amines) is 1. The van der Waals surface area contributed by atoms with Gasteiger partial charge < -0.3 is 10.2 Å². The fraction of sp³-hybridized carbons (Fsp3) is 0.571. The topological polar surface area (TPSA) is 69.7 Å². The van der Waals surface area contributed by atoms with Crippen molar-refractivity contribution < 1.29 is 14.4 Å². The Morgan fingerprint density at radius 2 is 1.89 bits per heavy atom. The van der Waals surface area contributed by atoms with Gasteiger partial charge in [0.15, 0.2) is 0 Å². The molecule has 1 aromatic carbocycles. The standard InChI is InChI=1S/C21H29N3O3/c1-2-17(21(27)22-13-7-15-23-14-6-12-19(23)25)24-18-10-4-3-8-16(18)9-5-11-20(24)26/h3-4,8,10,17H,2,5-7,9,11-15H2,1H3,(H,22,27)/t17-/m0/s1. The largest absolute Gasteiger partial charge is 0.354 e. The lowest BCUT2D eigenvalue weighted by molar-refractivity contribution is -0.127. The normalized spacial score (nSPS) is 18.3. The van der Waals surface area contributed by atoms with E-state index in [4.69, 9.17) is 0 Å². The van der Waals surface area contributed by atoms with Gasteiger partial charge in [-0.25, -0.2) is 0 Å². The molecule has 27 heavy (non-hydrogen) atoms. The Bertz CT molecular complexity index is 704. The van der Waals surface area contributed by atoms with Crippen LogP contribution in [0.1, 0.15) is 51.0 Å². The molecule has 2 aliphatic rings. The van der Waals surface area contributed by atoms with Gasteiger partial charge in [-0.05, 0) is 43.7 Å². The molecular weight excluding hydrogens is 342 g/mol. The fourth-order valence-electron chi connectivity index (χ4n) is 4.01. The second-order valence-corrected chi connectivity index (χ2v) is 7.30. The third kappa shape index (κ3) is 4.49. The van der Waals surface area contributed by atoms with Crippen molar-refractivity contribution in [2.45, 2.75) is 57.9 Å². The Morgan fingerprint density at radius 3 is 2.63 bits per heavy atom. The number of fused-ring (bicyclic) bond motifs is 1. The summed E-state index contributed by atoms with van der Waals surface area (Å²) in [5.41, 5.74) is 1.99. The average molecular weight is 371 g/mol. The van der Waals surface area contributed by atoms with Crippen molar-refractivity contribution in [3.05, 3.63) is 29.8 Å². The zero-order chi connectivity index (χ0) is 19.2. The summed E-state index contributed by atoms with van der Waals surface area (Å²) in [4.78, 5) is 40.7. The van der Waals surface area contributed by atoms with Crippen molar-refractivity contribution in [2.75, 3.05) is 24.5 Å². The molecule has 0 spiro atoms. The van der Waals surface area contributed by atoms with E-state index in [1.807, 2.05) is 36.1 Å². The lowest BCUT2D eigenvalue weighted by Gasteiger charge is -2.30. The lowest BCUT2D eigenvalue weighted by Crippen LogP contribution is -2.50. The number of amides is 3. The Kier molecular flexibility index (Phi) is 6.48. The Hall–Kier alpha value is -2.37. The van der Waals surface area contributed by atoms with E-state index in [1.54, 1.807) is 4.90 Å². The van der Waals surface area contributed by atoms with Crippen LogP contribution < -0.4 is 10.2 Å². The van der Waals surface area contributed by atoms with Crippen LogP contribution >= 0.6 is 0 Å². The summed E-state index contributed by atoms with van der Waals surface area (Å²) >= 11 is 0. The first kappa shape index (κ1) is 19.4. The third-order valence-corrected chi connectivity index (χ3v) is 5.43. The van der Waals surface area contributed by atoms with Gasteiger partial charge in [0.05, 0.1) is 0 Å². The molecule has 0 aromatic heterocycles. The van der Waals surface area contributed by atoms with Gasteiger partial charge >= 0.3 is 0 Å². The Morgan fingerprint density at radius 1 is 1.11 bits per heavy atom. The molecule has 3 rings (SSSR count). The van der Waals surface area contributed by atoms with Gasteiger partial charge in [0.25, 0.3) is 0 Å². The van der Waals surface area contributed by atoms with Gasteiger partial charge in [-0.1, -0.05) is 25.1 Å². The number of anilines is 1. The number of carbonyl (C=O) groups is 3. The van der Waals surface area contributed by atoms with Crippen molar-refractivity contribution in [3.63, 3.8) is 0 Å². The fourth-order valence-corrected chi connectivity index (χ4v) is 4.01. The molecule has 3 amide bonds. The molecule has 0 radical (unpaired) electrons. The van der Waals surface area contributed by atoms with Crippen molar-refractivity contribution in [3.8, 4) is 0 Å². The highest BCUT2D eigenvalue weighted by atomic mass is 16.2. The SMILES string of the molecule is CC[C@@H](C(=O)NCCCN1CCCC1=O)N1C(=O)CCCc2ccccc21. The first-order valence-corrected chi connectivity index (χ1v) is 10.1. The number of para-hydroxylation sites is 1. The van der Waals surface area contributed by atoms with Crippen LogP contribution in [0.2, 0.25) is 0 Å². The summed E-state index contributed by atoms with van der Waals surface area (Å²) in [6.07, 6.45) is 5.01. The van der Waals surface area contributed by atoms with Crippen molar-refractivity contribution >= 4 is 23.4 Å². The number of aryl methyl sites for hydroxylation is 1. The lowest BCUT2D eigenvalue weighted by atomic mass is 10.1. The van der Waals surface area contributed by atoms with Gasteiger partial charge in [-0.3, -0.25) is 19.3 Å². The monoisotopic (exact) mass is 371 g/mol. The average Bonchev–Trinajstić information content (AvgIpc) is 3.00. The number of nitrogens with one attached hydrogen (secondary N) is 1. The van der Waals surface area contributed by atoms with E-state index >= 15 is 0 Å². The quantitative estimate of drug-likeness (QED) is 0.748. The van der Waals surface area contributed by atoms with Crippen LogP contribution in [0.5, 0.6) is 0 Å². The van der Waals surface area contributed by atoms with E-state index < -0.39 is 6.04 Å². The summed E-state index contributed by atoms with van der Waals surface area (Å²) in [5.74, 6) is 0.111. The molecule has 1 aromatic rings. The van der Waals surface area contributed by atoms with Crippen LogP contribution in [0.15, 0.2) is 24.3 Å². The number of carbonyl (C=O) groups excluding carboxylic acids is 3. The molecule has 0 unspecified atom stereocenters. The summed E-state index contributed by atoms with van der Waals surface area (Å²) in [6, 6.07) is 7.38. The zero-order valence-electron chi connectivity index (χ0n) is 16.1. The van der Waals surface area contributed by atoms with Gasteiger partial charge in [0.2, 0.25) is 17.7 Å². The third-order valence-electron chi connectivity index (χ3n) is 5.43. The van der Waals surface area contributed by atoms with Crippen molar-refractivity contribution in [2.24, 2.45) is 0 Å². The van der Waals surface area contributed by atoms with E-state index in [1.165, 1.54) is 0 Å². The van der Waals surface area contributed by atoms with E-state index in [0.29, 0.717) is 32.4 Å². The van der Waals surface area contributed by atoms with Gasteiger partial charge in [0.1, 0.15) is 6.04 Å². The second-order valence-electron chi connectivity index (χ2n) is 7.30. The molecular formula is C21H29N3O3. The summed E-state index contributed by atoms with van der Waals surface area (Å²) in [6.45, 7) is 3.96. The molecule has 2 aliphatic heterocycles. The number of benzene rings is 1. The van der Waals surface area contributed by atoms with E-state index in [0.717, 1.165) is 43.5 Å². The minimum absolute atomic E-state index is 0.0182. The molecule has 1 N–H and O–H groups in total. The van der Waals surface area contributed by atoms with Crippen molar-refractivity contribution in [1.29, 1.82) is 0 Å². The predicted molar refractivity (Wildman–Crippen MR) is 104 cm³/mol. The molecule has 1 fully saturated rings. The highest BCUT2D eigenvalue weighted by molar-refractivity contribution is 6.01. The summed E-state index contributed by atoms with van der Waals surface area (Å²) < 4.78 is 0. The molecule has 1 atom stereocenters. The zero-order valence-corrected chi connectivity index (χ0v) is 16.1. The summed E-state index contributed by atoms with van der Waals surface area (Å²) in [5, 5.41) is 2.97. The van der Waals surface area contributed by atoms with Crippen LogP contribution in [-0.2, 0) is 20.8 Å². The smallest absolute Gasteiger partial charge is 0.243 e.